The van der Waals surface area contributed by atoms with E-state index in [0.717, 1.165) is 6.42 Å². The Bertz CT molecular complexity index is 825. The van der Waals surface area contributed by atoms with Gasteiger partial charge in [0.2, 0.25) is 5.75 Å². The predicted molar refractivity (Wildman–Crippen MR) is 113 cm³/mol. The van der Waals surface area contributed by atoms with Crippen molar-refractivity contribution in [2.75, 3.05) is 27.9 Å². The predicted octanol–water partition coefficient (Wildman–Crippen LogP) is 3.77. The quantitative estimate of drug-likeness (QED) is 0.595. The summed E-state index contributed by atoms with van der Waals surface area (Å²) in [5.41, 5.74) is 0.897. The Morgan fingerprint density at radius 1 is 0.933 bits per heavy atom. The van der Waals surface area contributed by atoms with Crippen LogP contribution >= 0.6 is 0 Å². The van der Waals surface area contributed by atoms with Gasteiger partial charge < -0.3 is 24.3 Å². The third kappa shape index (κ3) is 5.89. The monoisotopic (exact) mass is 415 g/mol. The van der Waals surface area contributed by atoms with Gasteiger partial charge in [-0.2, -0.15) is 0 Å². The highest BCUT2D eigenvalue weighted by atomic mass is 16.5. The lowest BCUT2D eigenvalue weighted by molar-refractivity contribution is -0.146. The van der Waals surface area contributed by atoms with E-state index in [-0.39, 0.29) is 5.56 Å². The number of esters is 1. The standard InChI is InChI=1S/C23H29NO6/c1-15(2)11-12-30-23(26)20(16-9-7-6-8-10-16)24-22(25)17-13-18(27-3)21(29-5)19(14-17)28-4/h6-10,13-15,20H,11-12H2,1-5H3,(H,24,25)/t20-/m1/s1. The minimum absolute atomic E-state index is 0.264. The van der Waals surface area contributed by atoms with Crippen LogP contribution in [0.4, 0.5) is 0 Å². The third-order valence-corrected chi connectivity index (χ3v) is 4.51. The summed E-state index contributed by atoms with van der Waals surface area (Å²) in [6.45, 7) is 4.39. The zero-order chi connectivity index (χ0) is 22.1. The molecule has 1 atom stereocenters. The Balaban J connectivity index is 2.29. The summed E-state index contributed by atoms with van der Waals surface area (Å²) in [5, 5.41) is 2.76. The lowest BCUT2D eigenvalue weighted by Crippen LogP contribution is -2.35. The molecular formula is C23H29NO6. The highest BCUT2D eigenvalue weighted by Crippen LogP contribution is 2.38. The number of ether oxygens (including phenoxy) is 4. The van der Waals surface area contributed by atoms with E-state index in [9.17, 15) is 9.59 Å². The van der Waals surface area contributed by atoms with Gasteiger partial charge in [0, 0.05) is 5.56 Å². The average Bonchev–Trinajstić information content (AvgIpc) is 2.76. The van der Waals surface area contributed by atoms with Crippen molar-refractivity contribution >= 4 is 11.9 Å². The number of amides is 1. The largest absolute Gasteiger partial charge is 0.493 e. The van der Waals surface area contributed by atoms with Gasteiger partial charge in [-0.1, -0.05) is 44.2 Å². The third-order valence-electron chi connectivity index (χ3n) is 4.51. The molecule has 0 aromatic heterocycles. The Morgan fingerprint density at radius 2 is 1.53 bits per heavy atom. The Labute approximate surface area is 177 Å². The van der Waals surface area contributed by atoms with Crippen LogP contribution in [0, 0.1) is 5.92 Å². The zero-order valence-corrected chi connectivity index (χ0v) is 18.1. The molecule has 0 saturated heterocycles. The molecule has 2 aromatic carbocycles. The molecule has 0 bridgehead atoms. The molecule has 2 rings (SSSR count). The molecule has 0 aliphatic rings. The van der Waals surface area contributed by atoms with Crippen molar-refractivity contribution in [3.8, 4) is 17.2 Å². The fourth-order valence-electron chi connectivity index (χ4n) is 2.83. The van der Waals surface area contributed by atoms with Crippen molar-refractivity contribution in [1.82, 2.24) is 5.32 Å². The Kier molecular flexibility index (Phi) is 8.53. The summed E-state index contributed by atoms with van der Waals surface area (Å²) in [6.07, 6.45) is 0.744. The van der Waals surface area contributed by atoms with Gasteiger partial charge in [-0.3, -0.25) is 4.79 Å². The van der Waals surface area contributed by atoms with Crippen molar-refractivity contribution in [3.05, 3.63) is 53.6 Å². The molecule has 2 aromatic rings. The van der Waals surface area contributed by atoms with Gasteiger partial charge in [0.15, 0.2) is 17.5 Å². The number of hydrogen-bond acceptors (Lipinski definition) is 6. The molecule has 0 saturated carbocycles. The maximum atomic E-state index is 13.0. The SMILES string of the molecule is COc1cc(C(=O)N[C@@H](C(=O)OCCC(C)C)c2ccccc2)cc(OC)c1OC. The molecule has 0 spiro atoms. The van der Waals surface area contributed by atoms with E-state index < -0.39 is 17.9 Å². The molecule has 0 heterocycles. The molecule has 7 nitrogen and oxygen atoms in total. The number of rotatable bonds is 10. The summed E-state index contributed by atoms with van der Waals surface area (Å²) in [7, 11) is 4.43. The van der Waals surface area contributed by atoms with E-state index in [4.69, 9.17) is 18.9 Å². The van der Waals surface area contributed by atoms with Gasteiger partial charge in [0.25, 0.3) is 5.91 Å². The summed E-state index contributed by atoms with van der Waals surface area (Å²) in [6, 6.07) is 11.1. The first kappa shape index (κ1) is 23.1. The number of hydrogen-bond donors (Lipinski definition) is 1. The van der Waals surface area contributed by atoms with E-state index in [1.165, 1.54) is 33.5 Å². The Morgan fingerprint density at radius 3 is 2.03 bits per heavy atom. The molecule has 0 fully saturated rings. The fraction of sp³-hybridized carbons (Fsp3) is 0.391. The summed E-state index contributed by atoms with van der Waals surface area (Å²) in [5.74, 6) is 0.494. The van der Waals surface area contributed by atoms with Crippen molar-refractivity contribution in [2.45, 2.75) is 26.3 Å². The van der Waals surface area contributed by atoms with E-state index in [1.807, 2.05) is 6.07 Å². The van der Waals surface area contributed by atoms with Crippen molar-refractivity contribution in [3.63, 3.8) is 0 Å². The number of carbonyl (C=O) groups excluding carboxylic acids is 2. The van der Waals surface area contributed by atoms with E-state index in [2.05, 4.69) is 19.2 Å². The summed E-state index contributed by atoms with van der Waals surface area (Å²) in [4.78, 5) is 25.7. The van der Waals surface area contributed by atoms with Gasteiger partial charge in [-0.15, -0.1) is 0 Å². The molecular weight excluding hydrogens is 386 g/mol. The molecule has 0 aliphatic carbocycles. The van der Waals surface area contributed by atoms with Gasteiger partial charge in [0.05, 0.1) is 27.9 Å². The van der Waals surface area contributed by atoms with Crippen LogP contribution in [0.2, 0.25) is 0 Å². The topological polar surface area (TPSA) is 83.1 Å². The normalized spacial score (nSPS) is 11.5. The van der Waals surface area contributed by atoms with E-state index >= 15 is 0 Å². The second-order valence-electron chi connectivity index (χ2n) is 7.08. The highest BCUT2D eigenvalue weighted by Gasteiger charge is 2.26. The van der Waals surface area contributed by atoms with Crippen molar-refractivity contribution < 1.29 is 28.5 Å². The average molecular weight is 415 g/mol. The van der Waals surface area contributed by atoms with Crippen LogP contribution in [0.25, 0.3) is 0 Å². The minimum atomic E-state index is -0.940. The maximum absolute atomic E-state index is 13.0. The van der Waals surface area contributed by atoms with E-state index in [0.29, 0.717) is 35.3 Å². The van der Waals surface area contributed by atoms with Crippen molar-refractivity contribution in [1.29, 1.82) is 0 Å². The molecule has 162 valence electrons. The van der Waals surface area contributed by atoms with Crippen LogP contribution in [0.3, 0.4) is 0 Å². The van der Waals surface area contributed by atoms with E-state index in [1.54, 1.807) is 24.3 Å². The van der Waals surface area contributed by atoms with Gasteiger partial charge in [0.1, 0.15) is 0 Å². The zero-order valence-electron chi connectivity index (χ0n) is 18.1. The summed E-state index contributed by atoms with van der Waals surface area (Å²) < 4.78 is 21.3. The highest BCUT2D eigenvalue weighted by molar-refractivity contribution is 5.98. The Hall–Kier alpha value is -3.22. The number of carbonyl (C=O) groups is 2. The van der Waals surface area contributed by atoms with Crippen molar-refractivity contribution in [2.24, 2.45) is 5.92 Å². The first-order valence-electron chi connectivity index (χ1n) is 9.73. The van der Waals surface area contributed by atoms with Gasteiger partial charge in [-0.05, 0) is 30.0 Å². The van der Waals surface area contributed by atoms with Crippen LogP contribution in [0.1, 0.15) is 42.2 Å². The number of methoxy groups -OCH3 is 3. The number of benzene rings is 2. The minimum Gasteiger partial charge on any atom is -0.493 e. The smallest absolute Gasteiger partial charge is 0.333 e. The van der Waals surface area contributed by atoms with Gasteiger partial charge in [-0.25, -0.2) is 4.79 Å². The summed E-state index contributed by atoms with van der Waals surface area (Å²) >= 11 is 0. The molecule has 1 amide bonds. The fourth-order valence-corrected chi connectivity index (χ4v) is 2.83. The van der Waals surface area contributed by atoms with Crippen LogP contribution in [0.15, 0.2) is 42.5 Å². The second-order valence-corrected chi connectivity index (χ2v) is 7.08. The molecule has 0 aliphatic heterocycles. The molecule has 0 unspecified atom stereocenters. The lowest BCUT2D eigenvalue weighted by atomic mass is 10.1. The van der Waals surface area contributed by atoms with Crippen LogP contribution in [0.5, 0.6) is 17.2 Å². The molecule has 30 heavy (non-hydrogen) atoms. The van der Waals surface area contributed by atoms with Crippen LogP contribution in [-0.4, -0.2) is 39.8 Å². The lowest BCUT2D eigenvalue weighted by Gasteiger charge is -2.19. The first-order chi connectivity index (χ1) is 14.4. The molecule has 1 N–H and O–H groups in total. The van der Waals surface area contributed by atoms with Gasteiger partial charge >= 0.3 is 5.97 Å². The van der Waals surface area contributed by atoms with Crippen LogP contribution < -0.4 is 19.5 Å². The first-order valence-corrected chi connectivity index (χ1v) is 9.73. The second kappa shape index (κ2) is 11.1. The molecule has 0 radical (unpaired) electrons. The maximum Gasteiger partial charge on any atom is 0.333 e. The molecule has 7 heteroatoms. The van der Waals surface area contributed by atoms with Crippen LogP contribution in [-0.2, 0) is 9.53 Å². The number of nitrogens with one attached hydrogen (secondary N) is 1.